The smallest absolute Gasteiger partial charge is 0.308 e. The van der Waals surface area contributed by atoms with E-state index in [1.165, 1.54) is 11.8 Å². The first kappa shape index (κ1) is 13.9. The van der Waals surface area contributed by atoms with Gasteiger partial charge in [-0.05, 0) is 24.3 Å². The van der Waals surface area contributed by atoms with Crippen LogP contribution in [0.25, 0.3) is 0 Å². The van der Waals surface area contributed by atoms with Gasteiger partial charge in [0.1, 0.15) is 5.03 Å². The maximum absolute atomic E-state index is 12.4. The first-order valence-electron chi connectivity index (χ1n) is 6.05. The molecule has 1 aliphatic heterocycles. The Morgan fingerprint density at radius 2 is 2.21 bits per heavy atom. The number of hydrogen-bond acceptors (Lipinski definition) is 4. The van der Waals surface area contributed by atoms with Gasteiger partial charge >= 0.3 is 5.97 Å². The molecule has 2 unspecified atom stereocenters. The first-order chi connectivity index (χ1) is 9.04. The number of aromatic nitrogens is 1. The number of hydrogen-bond donors (Lipinski definition) is 1. The van der Waals surface area contributed by atoms with Gasteiger partial charge in [0.05, 0.1) is 11.5 Å². The summed E-state index contributed by atoms with van der Waals surface area (Å²) in [5.74, 6) is -1.46. The summed E-state index contributed by atoms with van der Waals surface area (Å²) in [7, 11) is 0. The van der Waals surface area contributed by atoms with E-state index in [9.17, 15) is 9.59 Å². The molecule has 5 nitrogen and oxygen atoms in total. The van der Waals surface area contributed by atoms with E-state index >= 15 is 0 Å². The van der Waals surface area contributed by atoms with Crippen LogP contribution in [0.3, 0.4) is 0 Å². The molecule has 2 heterocycles. The predicted molar refractivity (Wildman–Crippen MR) is 72.2 cm³/mol. The number of carboxylic acid groups (broad SMARTS) is 1. The topological polar surface area (TPSA) is 70.5 Å². The lowest BCUT2D eigenvalue weighted by Crippen LogP contribution is -2.30. The molecule has 2 atom stereocenters. The number of carboxylic acids is 1. The van der Waals surface area contributed by atoms with Gasteiger partial charge in [-0.2, -0.15) is 0 Å². The van der Waals surface area contributed by atoms with Crippen LogP contribution in [0.4, 0.5) is 0 Å². The lowest BCUT2D eigenvalue weighted by molar-refractivity contribution is -0.142. The summed E-state index contributed by atoms with van der Waals surface area (Å²) >= 11 is 1.42. The second-order valence-corrected chi connectivity index (χ2v) is 5.49. The van der Waals surface area contributed by atoms with Crippen LogP contribution in [0, 0.1) is 11.8 Å². The van der Waals surface area contributed by atoms with E-state index < -0.39 is 11.9 Å². The van der Waals surface area contributed by atoms with Gasteiger partial charge in [-0.25, -0.2) is 4.98 Å². The number of pyridine rings is 1. The van der Waals surface area contributed by atoms with Crippen LogP contribution in [0.2, 0.25) is 0 Å². The van der Waals surface area contributed by atoms with Gasteiger partial charge < -0.3 is 10.0 Å². The highest BCUT2D eigenvalue weighted by Crippen LogP contribution is 2.26. The standard InChI is InChI=1S/C13H16N2O3S/c1-8-6-15(7-10(8)13(17)18)12(16)9-4-3-5-14-11(9)19-2/h3-5,8,10H,6-7H2,1-2H3,(H,17,18). The van der Waals surface area contributed by atoms with Crippen LogP contribution in [0.1, 0.15) is 17.3 Å². The first-order valence-corrected chi connectivity index (χ1v) is 7.28. The largest absolute Gasteiger partial charge is 0.481 e. The molecule has 1 N–H and O–H groups in total. The van der Waals surface area contributed by atoms with Gasteiger partial charge in [0.15, 0.2) is 0 Å². The highest BCUT2D eigenvalue weighted by atomic mass is 32.2. The minimum atomic E-state index is -0.834. The maximum atomic E-state index is 12.4. The number of nitrogens with zero attached hydrogens (tertiary/aromatic N) is 2. The minimum absolute atomic E-state index is 0.0177. The van der Waals surface area contributed by atoms with E-state index in [-0.39, 0.29) is 18.4 Å². The van der Waals surface area contributed by atoms with Gasteiger partial charge in [-0.1, -0.05) is 6.92 Å². The molecule has 0 aromatic carbocycles. The molecular formula is C13H16N2O3S. The van der Waals surface area contributed by atoms with Crippen molar-refractivity contribution in [3.63, 3.8) is 0 Å². The van der Waals surface area contributed by atoms with Crippen molar-refractivity contribution in [3.8, 4) is 0 Å². The molecule has 102 valence electrons. The van der Waals surface area contributed by atoms with Crippen molar-refractivity contribution in [2.45, 2.75) is 11.9 Å². The molecular weight excluding hydrogens is 264 g/mol. The van der Waals surface area contributed by atoms with E-state index in [4.69, 9.17) is 5.11 Å². The average Bonchev–Trinajstić information content (AvgIpc) is 2.80. The van der Waals surface area contributed by atoms with E-state index in [2.05, 4.69) is 4.98 Å². The summed E-state index contributed by atoms with van der Waals surface area (Å²) in [6.07, 6.45) is 3.51. The Morgan fingerprint density at radius 3 is 2.79 bits per heavy atom. The van der Waals surface area contributed by atoms with Gasteiger partial charge in [-0.3, -0.25) is 9.59 Å². The molecule has 1 saturated heterocycles. The Bertz CT molecular complexity index is 506. The van der Waals surface area contributed by atoms with E-state index in [1.54, 1.807) is 23.2 Å². The Morgan fingerprint density at radius 1 is 1.47 bits per heavy atom. The van der Waals surface area contributed by atoms with Gasteiger partial charge in [0.25, 0.3) is 5.91 Å². The summed E-state index contributed by atoms with van der Waals surface area (Å²) in [4.78, 5) is 29.3. The molecule has 1 amide bonds. The second kappa shape index (κ2) is 5.61. The Labute approximate surface area is 116 Å². The number of carbonyl (C=O) groups is 2. The molecule has 0 radical (unpaired) electrons. The molecule has 1 aliphatic rings. The molecule has 0 bridgehead atoms. The Hall–Kier alpha value is -1.56. The zero-order valence-corrected chi connectivity index (χ0v) is 11.7. The van der Waals surface area contributed by atoms with E-state index in [1.807, 2.05) is 13.2 Å². The number of carbonyl (C=O) groups excluding carboxylic acids is 1. The maximum Gasteiger partial charge on any atom is 0.308 e. The lowest BCUT2D eigenvalue weighted by atomic mass is 9.99. The Balaban J connectivity index is 2.19. The van der Waals surface area contributed by atoms with Crippen molar-refractivity contribution in [1.29, 1.82) is 0 Å². The van der Waals surface area contributed by atoms with Crippen LogP contribution in [-0.4, -0.2) is 46.2 Å². The van der Waals surface area contributed by atoms with Crippen LogP contribution in [0.15, 0.2) is 23.4 Å². The Kier molecular flexibility index (Phi) is 4.09. The number of thioether (sulfide) groups is 1. The molecule has 1 aromatic heterocycles. The van der Waals surface area contributed by atoms with Crippen molar-refractivity contribution in [1.82, 2.24) is 9.88 Å². The molecule has 2 rings (SSSR count). The molecule has 1 fully saturated rings. The van der Waals surface area contributed by atoms with Crippen molar-refractivity contribution in [2.75, 3.05) is 19.3 Å². The third kappa shape index (κ3) is 2.73. The number of likely N-dealkylation sites (tertiary alicyclic amines) is 1. The number of aliphatic carboxylic acids is 1. The zero-order valence-electron chi connectivity index (χ0n) is 10.9. The zero-order chi connectivity index (χ0) is 14.0. The van der Waals surface area contributed by atoms with Crippen LogP contribution < -0.4 is 0 Å². The molecule has 0 saturated carbocycles. The minimum Gasteiger partial charge on any atom is -0.481 e. The summed E-state index contributed by atoms with van der Waals surface area (Å²) in [5.41, 5.74) is 0.549. The molecule has 0 spiro atoms. The fraction of sp³-hybridized carbons (Fsp3) is 0.462. The monoisotopic (exact) mass is 280 g/mol. The second-order valence-electron chi connectivity index (χ2n) is 4.69. The van der Waals surface area contributed by atoms with Gasteiger partial charge in [0.2, 0.25) is 0 Å². The predicted octanol–water partition coefficient (Wildman–Crippen LogP) is 1.60. The number of amides is 1. The lowest BCUT2D eigenvalue weighted by Gasteiger charge is -2.17. The van der Waals surface area contributed by atoms with Gasteiger partial charge in [-0.15, -0.1) is 11.8 Å². The fourth-order valence-corrected chi connectivity index (χ4v) is 2.88. The van der Waals surface area contributed by atoms with Crippen LogP contribution in [-0.2, 0) is 4.79 Å². The summed E-state index contributed by atoms with van der Waals surface area (Å²) < 4.78 is 0. The average molecular weight is 280 g/mol. The highest BCUT2D eigenvalue weighted by molar-refractivity contribution is 7.98. The van der Waals surface area contributed by atoms with E-state index in [0.717, 1.165) is 0 Å². The summed E-state index contributed by atoms with van der Waals surface area (Å²) in [6.45, 7) is 2.63. The van der Waals surface area contributed by atoms with Crippen molar-refractivity contribution in [3.05, 3.63) is 23.9 Å². The van der Waals surface area contributed by atoms with Crippen molar-refractivity contribution < 1.29 is 14.7 Å². The van der Waals surface area contributed by atoms with Gasteiger partial charge in [0, 0.05) is 19.3 Å². The normalized spacial score (nSPS) is 22.5. The number of rotatable bonds is 3. The fourth-order valence-electron chi connectivity index (χ4n) is 2.34. The quantitative estimate of drug-likeness (QED) is 0.852. The van der Waals surface area contributed by atoms with Crippen LogP contribution >= 0.6 is 11.8 Å². The molecule has 1 aromatic rings. The van der Waals surface area contributed by atoms with Crippen LogP contribution in [0.5, 0.6) is 0 Å². The molecule has 19 heavy (non-hydrogen) atoms. The van der Waals surface area contributed by atoms with Crippen molar-refractivity contribution >= 4 is 23.6 Å². The molecule has 6 heteroatoms. The molecule has 0 aliphatic carbocycles. The summed E-state index contributed by atoms with van der Waals surface area (Å²) in [6, 6.07) is 3.46. The third-order valence-corrected chi connectivity index (χ3v) is 4.12. The van der Waals surface area contributed by atoms with Crippen molar-refractivity contribution in [2.24, 2.45) is 11.8 Å². The van der Waals surface area contributed by atoms with E-state index in [0.29, 0.717) is 17.1 Å². The summed E-state index contributed by atoms with van der Waals surface area (Å²) in [5, 5.41) is 9.78. The highest BCUT2D eigenvalue weighted by Gasteiger charge is 2.37. The third-order valence-electron chi connectivity index (χ3n) is 3.41. The SMILES string of the molecule is CSc1ncccc1C(=O)N1CC(C)C(C(=O)O)C1.